The maximum Gasteiger partial charge on any atom is 0.341 e. The summed E-state index contributed by atoms with van der Waals surface area (Å²) in [5.74, 6) is -2.64. The molecule has 0 aliphatic carbocycles. The molecule has 0 aromatic rings. The Hall–Kier alpha value is -1.96. The van der Waals surface area contributed by atoms with Crippen molar-refractivity contribution in [2.24, 2.45) is 5.92 Å². The standard InChI is InChI=1S/C20H30ClNO6/c1-6-27-18(24)14(2)12-16(8-7-11-23)20(26)28-19(25)15(3)17(13-21)9-10-22(4)5/h12,17,23H,2-3,6-11,13H2,1,4-5H3. The maximum absolute atomic E-state index is 12.4. The number of hydrogen-bond donors (Lipinski definition) is 1. The lowest BCUT2D eigenvalue weighted by Crippen LogP contribution is -2.24. The number of halogens is 1. The lowest BCUT2D eigenvalue weighted by molar-refractivity contribution is -0.154. The van der Waals surface area contributed by atoms with Gasteiger partial charge >= 0.3 is 17.9 Å². The number of hydrogen-bond acceptors (Lipinski definition) is 7. The van der Waals surface area contributed by atoms with Crippen molar-refractivity contribution in [3.05, 3.63) is 36.0 Å². The van der Waals surface area contributed by atoms with Gasteiger partial charge in [0, 0.05) is 29.6 Å². The summed E-state index contributed by atoms with van der Waals surface area (Å²) >= 11 is 5.92. The molecule has 1 unspecified atom stereocenters. The van der Waals surface area contributed by atoms with Gasteiger partial charge < -0.3 is 19.5 Å². The number of carbonyl (C=O) groups excluding carboxylic acids is 3. The average molecular weight is 416 g/mol. The first kappa shape index (κ1) is 26.0. The zero-order valence-electron chi connectivity index (χ0n) is 16.8. The first-order chi connectivity index (χ1) is 13.2. The van der Waals surface area contributed by atoms with E-state index in [-0.39, 0.29) is 54.6 Å². The third kappa shape index (κ3) is 9.82. The van der Waals surface area contributed by atoms with Crippen LogP contribution in [0.3, 0.4) is 0 Å². The van der Waals surface area contributed by atoms with E-state index in [2.05, 4.69) is 13.2 Å². The van der Waals surface area contributed by atoms with Crippen molar-refractivity contribution < 1.29 is 29.0 Å². The third-order valence-electron chi connectivity index (χ3n) is 3.80. The van der Waals surface area contributed by atoms with Gasteiger partial charge in [0.2, 0.25) is 0 Å². The Kier molecular flexibility index (Phi) is 13.1. The Labute approximate surface area is 171 Å². The molecular weight excluding hydrogens is 386 g/mol. The summed E-state index contributed by atoms with van der Waals surface area (Å²) < 4.78 is 9.72. The van der Waals surface area contributed by atoms with Crippen molar-refractivity contribution in [1.82, 2.24) is 4.90 Å². The van der Waals surface area contributed by atoms with Crippen LogP contribution in [0.1, 0.15) is 26.2 Å². The van der Waals surface area contributed by atoms with Gasteiger partial charge in [-0.3, -0.25) is 0 Å². The Morgan fingerprint density at radius 3 is 2.32 bits per heavy atom. The Morgan fingerprint density at radius 1 is 1.18 bits per heavy atom. The summed E-state index contributed by atoms with van der Waals surface area (Å²) in [5.41, 5.74) is 0.0857. The highest BCUT2D eigenvalue weighted by Gasteiger charge is 2.24. The van der Waals surface area contributed by atoms with Gasteiger partial charge in [0.15, 0.2) is 0 Å². The lowest BCUT2D eigenvalue weighted by Gasteiger charge is -2.18. The van der Waals surface area contributed by atoms with E-state index < -0.39 is 17.9 Å². The third-order valence-corrected chi connectivity index (χ3v) is 4.18. The van der Waals surface area contributed by atoms with Gasteiger partial charge in [-0.2, -0.15) is 0 Å². The summed E-state index contributed by atoms with van der Waals surface area (Å²) in [5, 5.41) is 9.01. The van der Waals surface area contributed by atoms with Gasteiger partial charge in [0.25, 0.3) is 0 Å². The van der Waals surface area contributed by atoms with Crippen LogP contribution in [0.4, 0.5) is 0 Å². The van der Waals surface area contributed by atoms with Crippen molar-refractivity contribution in [1.29, 1.82) is 0 Å². The molecule has 0 aromatic heterocycles. The first-order valence-electron chi connectivity index (χ1n) is 9.01. The number of nitrogens with zero attached hydrogens (tertiary/aromatic N) is 1. The molecule has 0 bridgehead atoms. The molecule has 0 saturated carbocycles. The summed E-state index contributed by atoms with van der Waals surface area (Å²) in [4.78, 5) is 38.3. The van der Waals surface area contributed by atoms with Crippen molar-refractivity contribution in [3.8, 4) is 0 Å². The Balaban J connectivity index is 5.18. The van der Waals surface area contributed by atoms with Crippen LogP contribution >= 0.6 is 11.6 Å². The van der Waals surface area contributed by atoms with E-state index in [0.29, 0.717) is 13.0 Å². The Morgan fingerprint density at radius 2 is 1.82 bits per heavy atom. The predicted octanol–water partition coefficient (Wildman–Crippen LogP) is 2.24. The SMILES string of the molecule is C=C(C=C(CCCO)C(=O)OC(=O)C(=C)C(CCl)CCN(C)C)C(=O)OCC. The second-order valence-electron chi connectivity index (χ2n) is 6.39. The molecule has 0 aliphatic heterocycles. The zero-order valence-corrected chi connectivity index (χ0v) is 17.6. The molecule has 1 N–H and O–H groups in total. The predicted molar refractivity (Wildman–Crippen MR) is 108 cm³/mol. The molecule has 0 amide bonds. The van der Waals surface area contributed by atoms with Gasteiger partial charge in [-0.15, -0.1) is 11.6 Å². The number of carbonyl (C=O) groups is 3. The highest BCUT2D eigenvalue weighted by atomic mass is 35.5. The zero-order chi connectivity index (χ0) is 21.7. The monoisotopic (exact) mass is 415 g/mol. The van der Waals surface area contributed by atoms with Crippen molar-refractivity contribution in [2.75, 3.05) is 39.7 Å². The molecule has 0 aromatic carbocycles. The number of alkyl halides is 1. The highest BCUT2D eigenvalue weighted by Crippen LogP contribution is 2.19. The summed E-state index contributed by atoms with van der Waals surface area (Å²) in [6, 6.07) is 0. The molecule has 0 spiro atoms. The first-order valence-corrected chi connectivity index (χ1v) is 9.54. The van der Waals surface area contributed by atoms with Crippen molar-refractivity contribution >= 4 is 29.5 Å². The van der Waals surface area contributed by atoms with E-state index in [4.69, 9.17) is 26.2 Å². The van der Waals surface area contributed by atoms with Gasteiger partial charge in [-0.05, 0) is 52.9 Å². The molecule has 0 fully saturated rings. The summed E-state index contributed by atoms with van der Waals surface area (Å²) in [6.07, 6.45) is 2.15. The molecule has 0 aliphatic rings. The maximum atomic E-state index is 12.4. The molecule has 28 heavy (non-hydrogen) atoms. The van der Waals surface area contributed by atoms with Crippen LogP contribution in [0.5, 0.6) is 0 Å². The van der Waals surface area contributed by atoms with Gasteiger partial charge in [0.05, 0.1) is 12.2 Å². The van der Waals surface area contributed by atoms with E-state index in [1.807, 2.05) is 19.0 Å². The number of ether oxygens (including phenoxy) is 2. The molecule has 0 saturated heterocycles. The molecular formula is C20H30ClNO6. The average Bonchev–Trinajstić information content (AvgIpc) is 2.64. The minimum absolute atomic E-state index is 0.0315. The topological polar surface area (TPSA) is 93.1 Å². The molecule has 158 valence electrons. The molecule has 0 heterocycles. The van der Waals surface area contributed by atoms with Crippen LogP contribution in [0, 0.1) is 5.92 Å². The Bertz CT molecular complexity index is 612. The van der Waals surface area contributed by atoms with Crippen LogP contribution in [-0.2, 0) is 23.9 Å². The smallest absolute Gasteiger partial charge is 0.341 e. The van der Waals surface area contributed by atoms with E-state index in [1.165, 1.54) is 6.08 Å². The van der Waals surface area contributed by atoms with E-state index in [0.717, 1.165) is 0 Å². The second kappa shape index (κ2) is 14.1. The van der Waals surface area contributed by atoms with Crippen LogP contribution in [0.15, 0.2) is 36.0 Å². The molecule has 0 radical (unpaired) electrons. The molecule has 0 rings (SSSR count). The molecule has 7 nitrogen and oxygen atoms in total. The minimum atomic E-state index is -0.925. The largest absolute Gasteiger partial charge is 0.462 e. The summed E-state index contributed by atoms with van der Waals surface area (Å²) in [7, 11) is 3.79. The van der Waals surface area contributed by atoms with Gasteiger partial charge in [-0.25, -0.2) is 14.4 Å². The minimum Gasteiger partial charge on any atom is -0.462 e. The fraction of sp³-hybridized carbons (Fsp3) is 0.550. The van der Waals surface area contributed by atoms with Gasteiger partial charge in [-0.1, -0.05) is 13.2 Å². The number of aliphatic hydroxyl groups excluding tert-OH is 1. The number of aliphatic hydroxyl groups is 1. The normalized spacial score (nSPS) is 12.4. The van der Waals surface area contributed by atoms with Crippen LogP contribution < -0.4 is 0 Å². The fourth-order valence-electron chi connectivity index (χ4n) is 2.14. The van der Waals surface area contributed by atoms with E-state index >= 15 is 0 Å². The number of esters is 3. The van der Waals surface area contributed by atoms with Crippen LogP contribution in [0.2, 0.25) is 0 Å². The second-order valence-corrected chi connectivity index (χ2v) is 6.70. The highest BCUT2D eigenvalue weighted by molar-refractivity contribution is 6.18. The van der Waals surface area contributed by atoms with Crippen LogP contribution in [0.25, 0.3) is 0 Å². The number of rotatable bonds is 13. The fourth-order valence-corrected chi connectivity index (χ4v) is 2.48. The van der Waals surface area contributed by atoms with E-state index in [1.54, 1.807) is 6.92 Å². The van der Waals surface area contributed by atoms with Crippen LogP contribution in [-0.4, -0.2) is 67.6 Å². The molecule has 8 heteroatoms. The van der Waals surface area contributed by atoms with Crippen molar-refractivity contribution in [2.45, 2.75) is 26.2 Å². The van der Waals surface area contributed by atoms with Crippen molar-refractivity contribution in [3.63, 3.8) is 0 Å². The quantitative estimate of drug-likeness (QED) is 0.162. The van der Waals surface area contributed by atoms with E-state index in [9.17, 15) is 14.4 Å². The van der Waals surface area contributed by atoms with Gasteiger partial charge in [0.1, 0.15) is 0 Å². The lowest BCUT2D eigenvalue weighted by atomic mass is 9.98. The summed E-state index contributed by atoms with van der Waals surface area (Å²) in [6.45, 7) is 9.59. The molecule has 1 atom stereocenters.